The molecule has 0 saturated carbocycles. The van der Waals surface area contributed by atoms with E-state index in [1.165, 1.54) is 11.1 Å². The first-order valence-electron chi connectivity index (χ1n) is 8.74. The molecule has 1 unspecified atom stereocenters. The van der Waals surface area contributed by atoms with Crippen LogP contribution in [0, 0.1) is 5.92 Å². The molecule has 25 heavy (non-hydrogen) atoms. The molecule has 0 saturated heterocycles. The third kappa shape index (κ3) is 3.71. The summed E-state index contributed by atoms with van der Waals surface area (Å²) in [6.07, 6.45) is 2.40. The fourth-order valence-corrected chi connectivity index (χ4v) is 3.32. The zero-order chi connectivity index (χ0) is 17.8. The van der Waals surface area contributed by atoms with Crippen molar-refractivity contribution >= 4 is 17.4 Å². The second-order valence-electron chi connectivity index (χ2n) is 6.45. The number of aryl methyl sites for hydroxylation is 1. The highest BCUT2D eigenvalue weighted by atomic mass is 16.4. The average Bonchev–Trinajstić information content (AvgIpc) is 3.06. The molecule has 3 heteroatoms. The first-order valence-corrected chi connectivity index (χ1v) is 8.74. The van der Waals surface area contributed by atoms with Crippen LogP contribution >= 0.6 is 0 Å². The van der Waals surface area contributed by atoms with Crippen molar-refractivity contribution in [3.63, 3.8) is 0 Å². The van der Waals surface area contributed by atoms with E-state index in [4.69, 9.17) is 4.99 Å². The summed E-state index contributed by atoms with van der Waals surface area (Å²) < 4.78 is 0. The number of rotatable bonds is 6. The lowest BCUT2D eigenvalue weighted by atomic mass is 9.92. The largest absolute Gasteiger partial charge is 0.481 e. The van der Waals surface area contributed by atoms with Crippen LogP contribution in [0.3, 0.4) is 0 Å². The van der Waals surface area contributed by atoms with E-state index < -0.39 is 11.9 Å². The number of carbonyl (C=O) groups is 1. The van der Waals surface area contributed by atoms with E-state index in [0.717, 1.165) is 35.4 Å². The SMILES string of the molecule is CCc1ccccc1CC1=NC(c2ccccc2)=C(C(C)C(=O)O)C1. The Hall–Kier alpha value is -2.68. The number of hydrogen-bond acceptors (Lipinski definition) is 2. The molecule has 3 nitrogen and oxygen atoms in total. The van der Waals surface area contributed by atoms with E-state index in [2.05, 4.69) is 31.2 Å². The molecule has 1 aliphatic heterocycles. The van der Waals surface area contributed by atoms with Crippen LogP contribution in [0.15, 0.2) is 65.2 Å². The van der Waals surface area contributed by atoms with Gasteiger partial charge < -0.3 is 5.11 Å². The van der Waals surface area contributed by atoms with Crippen LogP contribution in [-0.2, 0) is 17.6 Å². The Labute approximate surface area is 148 Å². The van der Waals surface area contributed by atoms with Crippen molar-refractivity contribution < 1.29 is 9.90 Å². The van der Waals surface area contributed by atoms with Gasteiger partial charge in [0.2, 0.25) is 0 Å². The molecule has 1 N–H and O–H groups in total. The van der Waals surface area contributed by atoms with Crippen LogP contribution in [0.4, 0.5) is 0 Å². The molecule has 0 amide bonds. The number of nitrogens with zero attached hydrogens (tertiary/aromatic N) is 1. The molecule has 0 aliphatic carbocycles. The highest BCUT2D eigenvalue weighted by molar-refractivity contribution is 6.00. The van der Waals surface area contributed by atoms with E-state index in [1.807, 2.05) is 30.3 Å². The summed E-state index contributed by atoms with van der Waals surface area (Å²) in [6, 6.07) is 18.3. The minimum Gasteiger partial charge on any atom is -0.481 e. The predicted octanol–water partition coefficient (Wildman–Crippen LogP) is 4.77. The van der Waals surface area contributed by atoms with Gasteiger partial charge in [0, 0.05) is 24.1 Å². The van der Waals surface area contributed by atoms with Gasteiger partial charge in [0.1, 0.15) is 0 Å². The average molecular weight is 333 g/mol. The van der Waals surface area contributed by atoms with Gasteiger partial charge in [-0.2, -0.15) is 0 Å². The summed E-state index contributed by atoms with van der Waals surface area (Å²) in [7, 11) is 0. The van der Waals surface area contributed by atoms with Crippen LogP contribution in [0.2, 0.25) is 0 Å². The first kappa shape index (κ1) is 17.2. The van der Waals surface area contributed by atoms with Crippen LogP contribution < -0.4 is 0 Å². The molecule has 0 aromatic heterocycles. The van der Waals surface area contributed by atoms with Gasteiger partial charge >= 0.3 is 5.97 Å². The standard InChI is InChI=1S/C22H23NO2/c1-3-16-9-7-8-12-18(16)13-19-14-20(15(2)22(24)25)21(23-19)17-10-5-4-6-11-17/h4-12,15H,3,13-14H2,1-2H3,(H,24,25). The molecular weight excluding hydrogens is 310 g/mol. The summed E-state index contributed by atoms with van der Waals surface area (Å²) in [4.78, 5) is 16.4. The van der Waals surface area contributed by atoms with E-state index in [0.29, 0.717) is 6.42 Å². The van der Waals surface area contributed by atoms with Crippen molar-refractivity contribution in [3.8, 4) is 0 Å². The van der Waals surface area contributed by atoms with Gasteiger partial charge in [-0.25, -0.2) is 0 Å². The van der Waals surface area contributed by atoms with Crippen molar-refractivity contribution in [2.45, 2.75) is 33.1 Å². The number of aliphatic carboxylic acids is 1. The molecule has 1 heterocycles. The lowest BCUT2D eigenvalue weighted by Gasteiger charge is -2.11. The van der Waals surface area contributed by atoms with Crippen molar-refractivity contribution in [1.29, 1.82) is 0 Å². The number of carboxylic acids is 1. The van der Waals surface area contributed by atoms with Crippen molar-refractivity contribution in [1.82, 2.24) is 0 Å². The molecule has 0 spiro atoms. The lowest BCUT2D eigenvalue weighted by Crippen LogP contribution is -2.14. The second-order valence-corrected chi connectivity index (χ2v) is 6.45. The summed E-state index contributed by atoms with van der Waals surface area (Å²) in [5.41, 5.74) is 6.38. The molecular formula is C22H23NO2. The second kappa shape index (κ2) is 7.47. The highest BCUT2D eigenvalue weighted by Gasteiger charge is 2.27. The van der Waals surface area contributed by atoms with Crippen LogP contribution in [-0.4, -0.2) is 16.8 Å². The normalized spacial score (nSPS) is 15.2. The third-order valence-electron chi connectivity index (χ3n) is 4.80. The van der Waals surface area contributed by atoms with E-state index in [1.54, 1.807) is 6.92 Å². The zero-order valence-corrected chi connectivity index (χ0v) is 14.7. The Morgan fingerprint density at radius 3 is 2.36 bits per heavy atom. The quantitative estimate of drug-likeness (QED) is 0.828. The molecule has 2 aromatic carbocycles. The Balaban J connectivity index is 1.93. The fourth-order valence-electron chi connectivity index (χ4n) is 3.32. The maximum atomic E-state index is 11.5. The zero-order valence-electron chi connectivity index (χ0n) is 14.7. The van der Waals surface area contributed by atoms with Gasteiger partial charge in [-0.1, -0.05) is 61.5 Å². The maximum Gasteiger partial charge on any atom is 0.310 e. The molecule has 0 fully saturated rings. The van der Waals surface area contributed by atoms with Crippen LogP contribution in [0.1, 0.15) is 37.0 Å². The Morgan fingerprint density at radius 2 is 1.72 bits per heavy atom. The smallest absolute Gasteiger partial charge is 0.310 e. The Morgan fingerprint density at radius 1 is 1.08 bits per heavy atom. The van der Waals surface area contributed by atoms with Gasteiger partial charge in [0.15, 0.2) is 0 Å². The third-order valence-corrected chi connectivity index (χ3v) is 4.80. The molecule has 0 radical (unpaired) electrons. The van der Waals surface area contributed by atoms with Gasteiger partial charge in [-0.3, -0.25) is 9.79 Å². The van der Waals surface area contributed by atoms with E-state index in [9.17, 15) is 9.90 Å². The van der Waals surface area contributed by atoms with E-state index >= 15 is 0 Å². The minimum absolute atomic E-state index is 0.530. The maximum absolute atomic E-state index is 11.5. The van der Waals surface area contributed by atoms with Gasteiger partial charge in [-0.15, -0.1) is 0 Å². The number of hydrogen-bond donors (Lipinski definition) is 1. The molecule has 1 aliphatic rings. The monoisotopic (exact) mass is 333 g/mol. The molecule has 128 valence electrons. The first-order chi connectivity index (χ1) is 12.1. The summed E-state index contributed by atoms with van der Waals surface area (Å²) in [6.45, 7) is 3.90. The summed E-state index contributed by atoms with van der Waals surface area (Å²) in [5, 5.41) is 9.48. The van der Waals surface area contributed by atoms with Crippen LogP contribution in [0.5, 0.6) is 0 Å². The topological polar surface area (TPSA) is 49.7 Å². The number of benzene rings is 2. The highest BCUT2D eigenvalue weighted by Crippen LogP contribution is 2.34. The Kier molecular flexibility index (Phi) is 5.13. The Bertz CT molecular complexity index is 834. The number of carboxylic acid groups (broad SMARTS) is 1. The van der Waals surface area contributed by atoms with Crippen LogP contribution in [0.25, 0.3) is 5.70 Å². The van der Waals surface area contributed by atoms with Gasteiger partial charge in [0.05, 0.1) is 11.6 Å². The summed E-state index contributed by atoms with van der Waals surface area (Å²) in [5.74, 6) is -1.33. The van der Waals surface area contributed by atoms with E-state index in [-0.39, 0.29) is 0 Å². The van der Waals surface area contributed by atoms with Crippen molar-refractivity contribution in [3.05, 3.63) is 76.9 Å². The van der Waals surface area contributed by atoms with Crippen molar-refractivity contribution in [2.75, 3.05) is 0 Å². The molecule has 3 rings (SSSR count). The van der Waals surface area contributed by atoms with Gasteiger partial charge in [0.25, 0.3) is 0 Å². The van der Waals surface area contributed by atoms with Gasteiger partial charge in [-0.05, 0) is 30.0 Å². The lowest BCUT2D eigenvalue weighted by molar-refractivity contribution is -0.139. The minimum atomic E-state index is -0.797. The molecule has 2 aromatic rings. The number of aliphatic imine (C=N–C) groups is 1. The predicted molar refractivity (Wildman–Crippen MR) is 102 cm³/mol. The fraction of sp³-hybridized carbons (Fsp3) is 0.273. The van der Waals surface area contributed by atoms with Crippen molar-refractivity contribution in [2.24, 2.45) is 10.9 Å². The summed E-state index contributed by atoms with van der Waals surface area (Å²) >= 11 is 0. The molecule has 0 bridgehead atoms. The molecule has 1 atom stereocenters.